The summed E-state index contributed by atoms with van der Waals surface area (Å²) in [6.45, 7) is 5.83. The van der Waals surface area contributed by atoms with E-state index in [0.717, 1.165) is 12.1 Å². The van der Waals surface area contributed by atoms with Crippen molar-refractivity contribution in [2.75, 3.05) is 0 Å². The van der Waals surface area contributed by atoms with Gasteiger partial charge in [0.2, 0.25) is 0 Å². The molecule has 3 nitrogen and oxygen atoms in total. The van der Waals surface area contributed by atoms with Crippen LogP contribution in [0.15, 0.2) is 30.6 Å². The molecular formula is C13H14F3N3. The Morgan fingerprint density at radius 1 is 1.11 bits per heavy atom. The minimum Gasteiger partial charge on any atom is -0.247 e. The van der Waals surface area contributed by atoms with Gasteiger partial charge in [-0.2, -0.15) is 18.3 Å². The molecule has 0 aliphatic heterocycles. The fourth-order valence-corrected chi connectivity index (χ4v) is 1.55. The van der Waals surface area contributed by atoms with Crippen molar-refractivity contribution < 1.29 is 13.2 Å². The summed E-state index contributed by atoms with van der Waals surface area (Å²) >= 11 is 0. The van der Waals surface area contributed by atoms with E-state index >= 15 is 0 Å². The van der Waals surface area contributed by atoms with Gasteiger partial charge in [0, 0.05) is 5.56 Å². The minimum absolute atomic E-state index is 0.257. The van der Waals surface area contributed by atoms with Crippen molar-refractivity contribution in [3.8, 4) is 11.4 Å². The molecule has 6 heteroatoms. The third-order valence-corrected chi connectivity index (χ3v) is 2.63. The quantitative estimate of drug-likeness (QED) is 0.790. The molecule has 0 spiro atoms. The highest BCUT2D eigenvalue weighted by molar-refractivity contribution is 5.55. The predicted octanol–water partition coefficient (Wildman–Crippen LogP) is 3.72. The Kier molecular flexibility index (Phi) is 3.12. The van der Waals surface area contributed by atoms with Crippen LogP contribution in [0, 0.1) is 0 Å². The van der Waals surface area contributed by atoms with E-state index in [1.165, 1.54) is 12.4 Å². The second kappa shape index (κ2) is 4.36. The number of benzene rings is 1. The third-order valence-electron chi connectivity index (χ3n) is 2.63. The summed E-state index contributed by atoms with van der Waals surface area (Å²) in [7, 11) is 0. The van der Waals surface area contributed by atoms with Crippen molar-refractivity contribution in [3.05, 3.63) is 36.2 Å². The topological polar surface area (TPSA) is 30.7 Å². The summed E-state index contributed by atoms with van der Waals surface area (Å²) in [6.07, 6.45) is -2.84. The van der Waals surface area contributed by atoms with E-state index in [-0.39, 0.29) is 5.54 Å². The van der Waals surface area contributed by atoms with E-state index in [0.29, 0.717) is 11.4 Å². The number of rotatable bonds is 1. The monoisotopic (exact) mass is 269 g/mol. The molecule has 2 aromatic rings. The maximum atomic E-state index is 12.6. The molecule has 0 N–H and O–H groups in total. The molecule has 0 unspecified atom stereocenters. The second-order valence-electron chi connectivity index (χ2n) is 5.26. The Morgan fingerprint density at radius 2 is 1.79 bits per heavy atom. The van der Waals surface area contributed by atoms with Crippen LogP contribution < -0.4 is 0 Å². The number of hydrogen-bond acceptors (Lipinski definition) is 2. The highest BCUT2D eigenvalue weighted by Crippen LogP contribution is 2.31. The lowest BCUT2D eigenvalue weighted by Gasteiger charge is -2.17. The van der Waals surface area contributed by atoms with Crippen molar-refractivity contribution in [1.82, 2.24) is 14.8 Å². The van der Waals surface area contributed by atoms with Gasteiger partial charge in [0.1, 0.15) is 6.33 Å². The van der Waals surface area contributed by atoms with Crippen molar-refractivity contribution in [3.63, 3.8) is 0 Å². The zero-order valence-electron chi connectivity index (χ0n) is 10.9. The van der Waals surface area contributed by atoms with Gasteiger partial charge in [0.25, 0.3) is 0 Å². The molecule has 1 aromatic heterocycles. The maximum Gasteiger partial charge on any atom is 0.416 e. The van der Waals surface area contributed by atoms with Crippen molar-refractivity contribution >= 4 is 0 Å². The fraction of sp³-hybridized carbons (Fsp3) is 0.385. The van der Waals surface area contributed by atoms with E-state index < -0.39 is 11.7 Å². The zero-order valence-corrected chi connectivity index (χ0v) is 10.9. The summed E-state index contributed by atoms with van der Waals surface area (Å²) < 4.78 is 39.5. The van der Waals surface area contributed by atoms with Gasteiger partial charge >= 0.3 is 6.18 Å². The standard InChI is InChI=1S/C13H14F3N3/c1-12(2,3)19-8-17-11(18-19)9-5-4-6-10(7-9)13(14,15)16/h4-8H,1-3H3. The molecule has 2 rings (SSSR count). The lowest BCUT2D eigenvalue weighted by Crippen LogP contribution is -2.22. The molecule has 0 fully saturated rings. The van der Waals surface area contributed by atoms with Gasteiger partial charge in [-0.05, 0) is 32.9 Å². The molecule has 102 valence electrons. The molecule has 0 bridgehead atoms. The van der Waals surface area contributed by atoms with Gasteiger partial charge in [0.15, 0.2) is 5.82 Å². The molecule has 1 aromatic carbocycles. The lowest BCUT2D eigenvalue weighted by atomic mass is 10.1. The summed E-state index contributed by atoms with van der Waals surface area (Å²) in [6, 6.07) is 5.01. The van der Waals surface area contributed by atoms with Gasteiger partial charge in [0.05, 0.1) is 11.1 Å². The number of nitrogens with zero attached hydrogens (tertiary/aromatic N) is 3. The Bertz CT molecular complexity index is 579. The van der Waals surface area contributed by atoms with Gasteiger partial charge in [-0.15, -0.1) is 0 Å². The molecule has 0 radical (unpaired) electrons. The summed E-state index contributed by atoms with van der Waals surface area (Å²) in [5.74, 6) is 0.293. The molecule has 0 saturated heterocycles. The van der Waals surface area contributed by atoms with E-state index in [1.807, 2.05) is 20.8 Å². The minimum atomic E-state index is -4.36. The molecule has 19 heavy (non-hydrogen) atoms. The Morgan fingerprint density at radius 3 is 2.32 bits per heavy atom. The number of aromatic nitrogens is 3. The molecule has 0 aliphatic rings. The molecule has 1 heterocycles. The van der Waals surface area contributed by atoms with Crippen LogP contribution in [0.1, 0.15) is 26.3 Å². The van der Waals surface area contributed by atoms with Crippen molar-refractivity contribution in [1.29, 1.82) is 0 Å². The molecular weight excluding hydrogens is 255 g/mol. The average molecular weight is 269 g/mol. The third kappa shape index (κ3) is 2.94. The Labute approximate surface area is 109 Å². The van der Waals surface area contributed by atoms with E-state index in [9.17, 15) is 13.2 Å². The number of hydrogen-bond donors (Lipinski definition) is 0. The van der Waals surface area contributed by atoms with E-state index in [2.05, 4.69) is 10.1 Å². The first-order valence-corrected chi connectivity index (χ1v) is 5.78. The number of halogens is 3. The molecule has 0 aliphatic carbocycles. The summed E-state index contributed by atoms with van der Waals surface area (Å²) in [5.41, 5.74) is -0.595. The summed E-state index contributed by atoms with van der Waals surface area (Å²) in [5, 5.41) is 4.21. The Balaban J connectivity index is 2.40. The average Bonchev–Trinajstić information content (AvgIpc) is 2.77. The maximum absolute atomic E-state index is 12.6. The first-order valence-electron chi connectivity index (χ1n) is 5.78. The van der Waals surface area contributed by atoms with Crippen LogP contribution in [0.4, 0.5) is 13.2 Å². The SMILES string of the molecule is CC(C)(C)n1cnc(-c2cccc(C(F)(F)F)c2)n1. The van der Waals surface area contributed by atoms with Crippen LogP contribution in [0.5, 0.6) is 0 Å². The van der Waals surface area contributed by atoms with Crippen LogP contribution in [0.3, 0.4) is 0 Å². The van der Waals surface area contributed by atoms with Crippen molar-refractivity contribution in [2.24, 2.45) is 0 Å². The van der Waals surface area contributed by atoms with Crippen LogP contribution >= 0.6 is 0 Å². The largest absolute Gasteiger partial charge is 0.416 e. The van der Waals surface area contributed by atoms with E-state index in [4.69, 9.17) is 0 Å². The smallest absolute Gasteiger partial charge is 0.247 e. The van der Waals surface area contributed by atoms with Gasteiger partial charge in [-0.1, -0.05) is 12.1 Å². The fourth-order valence-electron chi connectivity index (χ4n) is 1.55. The number of alkyl halides is 3. The highest BCUT2D eigenvalue weighted by atomic mass is 19.4. The first kappa shape index (κ1) is 13.6. The van der Waals surface area contributed by atoms with E-state index in [1.54, 1.807) is 10.7 Å². The van der Waals surface area contributed by atoms with Crippen molar-refractivity contribution in [2.45, 2.75) is 32.5 Å². The Hall–Kier alpha value is -1.85. The summed E-state index contributed by atoms with van der Waals surface area (Å²) in [4.78, 5) is 4.06. The highest BCUT2D eigenvalue weighted by Gasteiger charge is 2.30. The van der Waals surface area contributed by atoms with Crippen LogP contribution in [-0.2, 0) is 11.7 Å². The molecule has 0 atom stereocenters. The zero-order chi connectivity index (χ0) is 14.3. The van der Waals surface area contributed by atoms with Gasteiger partial charge < -0.3 is 0 Å². The van der Waals surface area contributed by atoms with Crippen LogP contribution in [-0.4, -0.2) is 14.8 Å². The molecule has 0 saturated carbocycles. The second-order valence-corrected chi connectivity index (χ2v) is 5.26. The van der Waals surface area contributed by atoms with Gasteiger partial charge in [-0.25, -0.2) is 9.67 Å². The van der Waals surface area contributed by atoms with Gasteiger partial charge in [-0.3, -0.25) is 0 Å². The molecule has 0 amide bonds. The normalized spacial score (nSPS) is 12.7. The van der Waals surface area contributed by atoms with Crippen LogP contribution in [0.25, 0.3) is 11.4 Å². The first-order chi connectivity index (χ1) is 8.68. The predicted molar refractivity (Wildman–Crippen MR) is 65.5 cm³/mol. The lowest BCUT2D eigenvalue weighted by molar-refractivity contribution is -0.137. The van der Waals surface area contributed by atoms with Crippen LogP contribution in [0.2, 0.25) is 0 Å².